The summed E-state index contributed by atoms with van der Waals surface area (Å²) in [7, 11) is -13.9. The second-order valence-electron chi connectivity index (χ2n) is 3.60. The largest absolute Gasteiger partial charge is 0.466 e. The van der Waals surface area contributed by atoms with Crippen molar-refractivity contribution in [3.05, 3.63) is 36.5 Å². The Kier molecular flexibility index (Phi) is 11.5. The van der Waals surface area contributed by atoms with Crippen LogP contribution in [0.15, 0.2) is 36.5 Å². The van der Waals surface area contributed by atoms with Gasteiger partial charge in [0.1, 0.15) is 0 Å². The SMILES string of the molecule is O=P(O)(O)O.O=P(O)(O)O.O=P(O)(O)O.c1ccc2[nH]ccc2c1. The van der Waals surface area contributed by atoms with Gasteiger partial charge in [-0.3, -0.25) is 0 Å². The van der Waals surface area contributed by atoms with Crippen LogP contribution in [0.5, 0.6) is 0 Å². The van der Waals surface area contributed by atoms with Gasteiger partial charge in [0.05, 0.1) is 0 Å². The Bertz CT molecular complexity index is 624. The molecule has 1 aromatic heterocycles. The summed E-state index contributed by atoms with van der Waals surface area (Å²) in [4.78, 5) is 67.8. The monoisotopic (exact) mass is 411 g/mol. The Balaban J connectivity index is 0. The Morgan fingerprint density at radius 2 is 0.958 bits per heavy atom. The molecule has 0 radical (unpaired) electrons. The molecule has 0 unspecified atom stereocenters. The van der Waals surface area contributed by atoms with Crippen LogP contribution in [-0.2, 0) is 13.7 Å². The van der Waals surface area contributed by atoms with Crippen LogP contribution in [0.2, 0.25) is 0 Å². The third kappa shape index (κ3) is 32.9. The number of hydrogen-bond acceptors (Lipinski definition) is 3. The van der Waals surface area contributed by atoms with Crippen LogP contribution in [0, 0.1) is 0 Å². The van der Waals surface area contributed by atoms with Crippen molar-refractivity contribution in [2.24, 2.45) is 0 Å². The highest BCUT2D eigenvalue weighted by molar-refractivity contribution is 7.45. The number of aromatic nitrogens is 1. The first-order chi connectivity index (χ1) is 10.5. The fourth-order valence-corrected chi connectivity index (χ4v) is 0.995. The molecule has 0 bridgehead atoms. The van der Waals surface area contributed by atoms with Crippen molar-refractivity contribution in [3.8, 4) is 0 Å². The molecule has 1 aromatic carbocycles. The molecule has 10 N–H and O–H groups in total. The van der Waals surface area contributed by atoms with E-state index in [1.54, 1.807) is 0 Å². The number of H-pyrrole nitrogens is 1. The first kappa shape index (κ1) is 25.3. The van der Waals surface area contributed by atoms with Crippen molar-refractivity contribution >= 4 is 34.4 Å². The summed E-state index contributed by atoms with van der Waals surface area (Å²) in [5.41, 5.74) is 1.21. The molecule has 0 aliphatic heterocycles. The molecule has 16 heteroatoms. The maximum absolute atomic E-state index is 8.88. The van der Waals surface area contributed by atoms with Crippen LogP contribution >= 0.6 is 23.5 Å². The highest BCUT2D eigenvalue weighted by atomic mass is 31.2. The van der Waals surface area contributed by atoms with E-state index >= 15 is 0 Å². The van der Waals surface area contributed by atoms with E-state index in [4.69, 9.17) is 57.7 Å². The van der Waals surface area contributed by atoms with E-state index in [1.807, 2.05) is 18.3 Å². The lowest BCUT2D eigenvalue weighted by molar-refractivity contribution is 0.272. The number of phosphoric acid groups is 3. The average molecular weight is 411 g/mol. The second kappa shape index (κ2) is 10.9. The number of nitrogens with one attached hydrogen (secondary N) is 1. The summed E-state index contributed by atoms with van der Waals surface area (Å²) in [6.45, 7) is 0. The smallest absolute Gasteiger partial charge is 0.361 e. The third-order valence-corrected chi connectivity index (χ3v) is 1.46. The minimum absolute atomic E-state index is 1.21. The van der Waals surface area contributed by atoms with Gasteiger partial charge in [0.25, 0.3) is 0 Å². The molecule has 13 nitrogen and oxygen atoms in total. The molecular formula is C8H16NO12P3. The van der Waals surface area contributed by atoms with E-state index in [-0.39, 0.29) is 0 Å². The first-order valence-electron chi connectivity index (χ1n) is 5.34. The lowest BCUT2D eigenvalue weighted by Gasteiger charge is -1.83. The van der Waals surface area contributed by atoms with E-state index in [1.165, 1.54) is 10.9 Å². The molecule has 0 aliphatic carbocycles. The molecule has 140 valence electrons. The number of aromatic amines is 1. The van der Waals surface area contributed by atoms with Gasteiger partial charge in [0.2, 0.25) is 0 Å². The Morgan fingerprint density at radius 3 is 1.29 bits per heavy atom. The summed E-state index contributed by atoms with van der Waals surface area (Å²) in [5.74, 6) is 0. The molecule has 2 aromatic rings. The Labute approximate surface area is 134 Å². The minimum Gasteiger partial charge on any atom is -0.361 e. The summed E-state index contributed by atoms with van der Waals surface area (Å²) in [6.07, 6.45) is 1.95. The molecule has 0 saturated carbocycles. The van der Waals surface area contributed by atoms with Gasteiger partial charge in [0, 0.05) is 11.7 Å². The van der Waals surface area contributed by atoms with Crippen LogP contribution < -0.4 is 0 Å². The normalized spacial score (nSPS) is 11.2. The van der Waals surface area contributed by atoms with E-state index in [0.29, 0.717) is 0 Å². The zero-order chi connectivity index (χ0) is 19.6. The molecule has 1 heterocycles. The van der Waals surface area contributed by atoms with Gasteiger partial charge >= 0.3 is 23.5 Å². The lowest BCUT2D eigenvalue weighted by atomic mass is 10.3. The Hall–Kier alpha value is -0.910. The summed E-state index contributed by atoms with van der Waals surface area (Å²) >= 11 is 0. The summed E-state index contributed by atoms with van der Waals surface area (Å²) in [5, 5.41) is 1.28. The van der Waals surface area contributed by atoms with Gasteiger partial charge in [-0.15, -0.1) is 0 Å². The highest BCUT2D eigenvalue weighted by Gasteiger charge is 2.01. The van der Waals surface area contributed by atoms with Crippen LogP contribution in [0.25, 0.3) is 10.9 Å². The molecular weight excluding hydrogens is 395 g/mol. The number of hydrogen-bond donors (Lipinski definition) is 10. The maximum Gasteiger partial charge on any atom is 0.466 e. The van der Waals surface area contributed by atoms with E-state index in [2.05, 4.69) is 23.2 Å². The first-order valence-corrected chi connectivity index (χ1v) is 10.0. The highest BCUT2D eigenvalue weighted by Crippen LogP contribution is 2.26. The predicted molar refractivity (Wildman–Crippen MR) is 81.1 cm³/mol. The fourth-order valence-electron chi connectivity index (χ4n) is 0.995. The van der Waals surface area contributed by atoms with Crippen LogP contribution in [0.3, 0.4) is 0 Å². The molecule has 2 rings (SSSR count). The maximum atomic E-state index is 8.88. The molecule has 0 saturated heterocycles. The second-order valence-corrected chi connectivity index (χ2v) is 6.68. The van der Waals surface area contributed by atoms with Crippen molar-refractivity contribution in [3.63, 3.8) is 0 Å². The molecule has 0 amide bonds. The average Bonchev–Trinajstić information content (AvgIpc) is 2.69. The quantitative estimate of drug-likeness (QED) is 0.244. The number of benzene rings is 1. The number of para-hydroxylation sites is 1. The Morgan fingerprint density at radius 1 is 0.625 bits per heavy atom. The van der Waals surface area contributed by atoms with Crippen molar-refractivity contribution in [1.29, 1.82) is 0 Å². The number of fused-ring (bicyclic) bond motifs is 1. The van der Waals surface area contributed by atoms with Crippen molar-refractivity contribution < 1.29 is 57.7 Å². The molecule has 24 heavy (non-hydrogen) atoms. The van der Waals surface area contributed by atoms with E-state index in [9.17, 15) is 0 Å². The van der Waals surface area contributed by atoms with E-state index in [0.717, 1.165) is 0 Å². The van der Waals surface area contributed by atoms with Gasteiger partial charge in [-0.05, 0) is 17.5 Å². The molecule has 0 atom stereocenters. The predicted octanol–water partition coefficient (Wildman–Crippen LogP) is -0.618. The number of rotatable bonds is 0. The zero-order valence-electron chi connectivity index (χ0n) is 11.6. The van der Waals surface area contributed by atoms with Gasteiger partial charge in [0.15, 0.2) is 0 Å². The molecule has 0 fully saturated rings. The van der Waals surface area contributed by atoms with Gasteiger partial charge in [-0.25, -0.2) is 13.7 Å². The fraction of sp³-hybridized carbons (Fsp3) is 0. The van der Waals surface area contributed by atoms with Crippen LogP contribution in [0.4, 0.5) is 0 Å². The minimum atomic E-state index is -4.64. The standard InChI is InChI=1S/C8H7N.3H3O4P/c1-2-4-8-7(3-1)5-6-9-8;3*1-5(2,3)4/h1-6,9H;3*(H3,1,2,3,4). The van der Waals surface area contributed by atoms with Crippen molar-refractivity contribution in [2.75, 3.05) is 0 Å². The van der Waals surface area contributed by atoms with Gasteiger partial charge < -0.3 is 49.0 Å². The van der Waals surface area contributed by atoms with Crippen LogP contribution in [-0.4, -0.2) is 49.0 Å². The van der Waals surface area contributed by atoms with Gasteiger partial charge in [-0.1, -0.05) is 18.2 Å². The third-order valence-electron chi connectivity index (χ3n) is 1.46. The van der Waals surface area contributed by atoms with E-state index < -0.39 is 23.5 Å². The van der Waals surface area contributed by atoms with Crippen molar-refractivity contribution in [2.45, 2.75) is 0 Å². The zero-order valence-corrected chi connectivity index (χ0v) is 14.2. The topological polar surface area (TPSA) is 249 Å². The lowest BCUT2D eigenvalue weighted by Crippen LogP contribution is -1.66. The molecule has 0 aliphatic rings. The summed E-state index contributed by atoms with van der Waals surface area (Å²) in [6, 6.07) is 10.3. The van der Waals surface area contributed by atoms with Crippen molar-refractivity contribution in [1.82, 2.24) is 4.98 Å². The van der Waals surface area contributed by atoms with Gasteiger partial charge in [-0.2, -0.15) is 0 Å². The van der Waals surface area contributed by atoms with Crippen LogP contribution in [0.1, 0.15) is 0 Å². The molecule has 0 spiro atoms. The summed E-state index contributed by atoms with van der Waals surface area (Å²) < 4.78 is 26.6.